The minimum Gasteiger partial charge on any atom is -0.357 e. The summed E-state index contributed by atoms with van der Waals surface area (Å²) in [5, 5.41) is 3.45. The number of rotatable bonds is 6. The lowest BCUT2D eigenvalue weighted by molar-refractivity contribution is 0.305. The Morgan fingerprint density at radius 2 is 1.83 bits per heavy atom. The fourth-order valence-electron chi connectivity index (χ4n) is 3.07. The summed E-state index contributed by atoms with van der Waals surface area (Å²) < 4.78 is 0. The minimum absolute atomic E-state index is 0.317. The highest BCUT2D eigenvalue weighted by Crippen LogP contribution is 2.20. The molecule has 0 aliphatic carbocycles. The predicted molar refractivity (Wildman–Crippen MR) is 99.0 cm³/mol. The quantitative estimate of drug-likeness (QED) is 0.647. The number of likely N-dealkylation sites (tertiary alicyclic amines) is 1. The first-order valence-corrected chi connectivity index (χ1v) is 8.94. The first-order valence-electron chi connectivity index (χ1n) is 8.94. The largest absolute Gasteiger partial charge is 0.357 e. The number of hydrogen-bond acceptors (Lipinski definition) is 2. The van der Waals surface area contributed by atoms with E-state index < -0.39 is 0 Å². The molecule has 128 valence electrons. The Morgan fingerprint density at radius 1 is 1.17 bits per heavy atom. The number of likely N-dealkylation sites (N-methyl/N-ethyl adjacent to an activating group) is 1. The summed E-state index contributed by atoms with van der Waals surface area (Å²) in [5.41, 5.74) is 2.73. The summed E-state index contributed by atoms with van der Waals surface area (Å²) in [7, 11) is 4.27. The molecule has 0 bridgehead atoms. The van der Waals surface area contributed by atoms with Gasteiger partial charge in [-0.1, -0.05) is 31.2 Å². The average Bonchev–Trinajstić information content (AvgIpc) is 3.08. The van der Waals surface area contributed by atoms with E-state index in [0.29, 0.717) is 6.04 Å². The van der Waals surface area contributed by atoms with Crippen molar-refractivity contribution in [1.29, 1.82) is 0 Å². The van der Waals surface area contributed by atoms with Crippen LogP contribution in [-0.2, 0) is 6.42 Å². The maximum atomic E-state index is 4.93. The Labute approximate surface area is 141 Å². The average molecular weight is 316 g/mol. The maximum absolute atomic E-state index is 4.93. The third kappa shape index (κ3) is 4.96. The van der Waals surface area contributed by atoms with Crippen molar-refractivity contribution in [2.24, 2.45) is 4.99 Å². The SMILES string of the molecule is CCNC(=NCC(c1ccc(CC)cc1)N(C)C)N1CCCC1. The summed E-state index contributed by atoms with van der Waals surface area (Å²) in [6.07, 6.45) is 3.64. The van der Waals surface area contributed by atoms with Gasteiger partial charge in [0.2, 0.25) is 0 Å². The molecule has 0 spiro atoms. The van der Waals surface area contributed by atoms with Crippen molar-refractivity contribution in [3.63, 3.8) is 0 Å². The van der Waals surface area contributed by atoms with Crippen molar-refractivity contribution in [2.75, 3.05) is 40.3 Å². The van der Waals surface area contributed by atoms with E-state index in [1.807, 2.05) is 0 Å². The number of benzene rings is 1. The van der Waals surface area contributed by atoms with Crippen LogP contribution in [0.4, 0.5) is 0 Å². The standard InChI is InChI=1S/C19H32N4/c1-5-16-9-11-17(12-10-16)18(22(3)4)15-21-19(20-6-2)23-13-7-8-14-23/h9-12,18H,5-8,13-15H2,1-4H3,(H,20,21). The molecule has 1 aromatic rings. The zero-order valence-electron chi connectivity index (χ0n) is 15.2. The Morgan fingerprint density at radius 3 is 2.35 bits per heavy atom. The monoisotopic (exact) mass is 316 g/mol. The lowest BCUT2D eigenvalue weighted by atomic mass is 10.0. The van der Waals surface area contributed by atoms with Crippen LogP contribution in [0, 0.1) is 0 Å². The number of aryl methyl sites for hydroxylation is 1. The molecule has 1 unspecified atom stereocenters. The number of aliphatic imine (C=N–C) groups is 1. The molecule has 1 aliphatic rings. The number of hydrogen-bond donors (Lipinski definition) is 1. The Kier molecular flexibility index (Phi) is 6.90. The van der Waals surface area contributed by atoms with Gasteiger partial charge in [0.25, 0.3) is 0 Å². The molecule has 0 saturated carbocycles. The van der Waals surface area contributed by atoms with E-state index >= 15 is 0 Å². The Bertz CT molecular complexity index is 487. The van der Waals surface area contributed by atoms with Gasteiger partial charge in [-0.3, -0.25) is 4.99 Å². The molecular weight excluding hydrogens is 284 g/mol. The first kappa shape index (κ1) is 17.8. The van der Waals surface area contributed by atoms with E-state index in [4.69, 9.17) is 4.99 Å². The molecule has 1 saturated heterocycles. The summed E-state index contributed by atoms with van der Waals surface area (Å²) >= 11 is 0. The zero-order chi connectivity index (χ0) is 16.7. The number of guanidine groups is 1. The third-order valence-electron chi connectivity index (χ3n) is 4.55. The van der Waals surface area contributed by atoms with Gasteiger partial charge >= 0.3 is 0 Å². The van der Waals surface area contributed by atoms with E-state index in [1.165, 1.54) is 24.0 Å². The maximum Gasteiger partial charge on any atom is 0.193 e. The Balaban J connectivity index is 2.11. The van der Waals surface area contributed by atoms with Crippen molar-refractivity contribution >= 4 is 5.96 Å². The fraction of sp³-hybridized carbons (Fsp3) is 0.632. The van der Waals surface area contributed by atoms with Gasteiger partial charge in [-0.25, -0.2) is 0 Å². The molecule has 0 amide bonds. The second-order valence-corrected chi connectivity index (χ2v) is 6.46. The van der Waals surface area contributed by atoms with Gasteiger partial charge in [0.1, 0.15) is 0 Å². The van der Waals surface area contributed by atoms with E-state index in [9.17, 15) is 0 Å². The molecule has 1 aromatic carbocycles. The van der Waals surface area contributed by atoms with Crippen LogP contribution in [0.15, 0.2) is 29.3 Å². The van der Waals surface area contributed by atoms with E-state index in [-0.39, 0.29) is 0 Å². The molecule has 4 nitrogen and oxygen atoms in total. The molecule has 1 N–H and O–H groups in total. The van der Waals surface area contributed by atoms with Crippen molar-refractivity contribution in [3.8, 4) is 0 Å². The van der Waals surface area contributed by atoms with Crippen LogP contribution in [0.25, 0.3) is 0 Å². The van der Waals surface area contributed by atoms with E-state index in [1.54, 1.807) is 0 Å². The zero-order valence-corrected chi connectivity index (χ0v) is 15.2. The van der Waals surface area contributed by atoms with Crippen LogP contribution in [0.1, 0.15) is 43.9 Å². The Hall–Kier alpha value is -1.55. The fourth-order valence-corrected chi connectivity index (χ4v) is 3.07. The van der Waals surface area contributed by atoms with Gasteiger partial charge in [0.05, 0.1) is 12.6 Å². The molecule has 0 aromatic heterocycles. The molecule has 1 fully saturated rings. The molecule has 1 atom stereocenters. The molecule has 23 heavy (non-hydrogen) atoms. The lowest BCUT2D eigenvalue weighted by Gasteiger charge is -2.26. The van der Waals surface area contributed by atoms with Crippen LogP contribution < -0.4 is 5.32 Å². The van der Waals surface area contributed by atoms with Crippen molar-refractivity contribution in [2.45, 2.75) is 39.2 Å². The summed E-state index contributed by atoms with van der Waals surface area (Å²) in [6, 6.07) is 9.30. The van der Waals surface area contributed by atoms with Gasteiger partial charge in [0.15, 0.2) is 5.96 Å². The summed E-state index contributed by atoms with van der Waals surface area (Å²) in [4.78, 5) is 9.57. The van der Waals surface area contributed by atoms with Crippen LogP contribution in [0.2, 0.25) is 0 Å². The smallest absolute Gasteiger partial charge is 0.193 e. The van der Waals surface area contributed by atoms with Gasteiger partial charge in [-0.05, 0) is 51.4 Å². The molecule has 4 heteroatoms. The predicted octanol–water partition coefficient (Wildman–Crippen LogP) is 2.91. The number of nitrogens with one attached hydrogen (secondary N) is 1. The summed E-state index contributed by atoms with van der Waals surface area (Å²) in [6.45, 7) is 8.30. The second kappa shape index (κ2) is 8.92. The van der Waals surface area contributed by atoms with Crippen LogP contribution >= 0.6 is 0 Å². The van der Waals surface area contributed by atoms with Crippen LogP contribution in [0.5, 0.6) is 0 Å². The molecular formula is C19H32N4. The highest BCUT2D eigenvalue weighted by molar-refractivity contribution is 5.80. The van der Waals surface area contributed by atoms with Gasteiger partial charge in [-0.2, -0.15) is 0 Å². The van der Waals surface area contributed by atoms with Crippen LogP contribution in [-0.4, -0.2) is 56.0 Å². The van der Waals surface area contributed by atoms with Crippen molar-refractivity contribution < 1.29 is 0 Å². The minimum atomic E-state index is 0.317. The van der Waals surface area contributed by atoms with Crippen molar-refractivity contribution in [3.05, 3.63) is 35.4 Å². The topological polar surface area (TPSA) is 30.9 Å². The van der Waals surface area contributed by atoms with E-state index in [0.717, 1.165) is 38.6 Å². The lowest BCUT2D eigenvalue weighted by Crippen LogP contribution is -2.40. The normalized spacial score (nSPS) is 16.9. The van der Waals surface area contributed by atoms with Crippen molar-refractivity contribution in [1.82, 2.24) is 15.1 Å². The number of nitrogens with zero attached hydrogens (tertiary/aromatic N) is 3. The molecule has 2 rings (SSSR count). The molecule has 0 radical (unpaired) electrons. The first-order chi connectivity index (χ1) is 11.2. The molecule has 1 aliphatic heterocycles. The highest BCUT2D eigenvalue weighted by Gasteiger charge is 2.18. The molecule has 1 heterocycles. The second-order valence-electron chi connectivity index (χ2n) is 6.46. The van der Waals surface area contributed by atoms with Gasteiger partial charge < -0.3 is 15.1 Å². The van der Waals surface area contributed by atoms with E-state index in [2.05, 4.69) is 67.3 Å². The van der Waals surface area contributed by atoms with Gasteiger partial charge in [-0.15, -0.1) is 0 Å². The van der Waals surface area contributed by atoms with Crippen LogP contribution in [0.3, 0.4) is 0 Å². The third-order valence-corrected chi connectivity index (χ3v) is 4.55. The summed E-state index contributed by atoms with van der Waals surface area (Å²) in [5.74, 6) is 1.07. The van der Waals surface area contributed by atoms with Gasteiger partial charge in [0, 0.05) is 19.6 Å². The highest BCUT2D eigenvalue weighted by atomic mass is 15.3.